The molecular formula is C23H19FN2O2. The van der Waals surface area contributed by atoms with Gasteiger partial charge >= 0.3 is 0 Å². The first-order valence-electron chi connectivity index (χ1n) is 9.16. The summed E-state index contributed by atoms with van der Waals surface area (Å²) in [6.45, 7) is 0.414. The fourth-order valence-corrected chi connectivity index (χ4v) is 3.35. The van der Waals surface area contributed by atoms with Gasteiger partial charge in [0.15, 0.2) is 0 Å². The molecule has 4 rings (SSSR count). The number of aromatic nitrogens is 2. The Morgan fingerprint density at radius 3 is 2.50 bits per heavy atom. The third-order valence-corrected chi connectivity index (χ3v) is 4.75. The van der Waals surface area contributed by atoms with Gasteiger partial charge in [-0.05, 0) is 48.7 Å². The van der Waals surface area contributed by atoms with Gasteiger partial charge in [-0.15, -0.1) is 0 Å². The topological polar surface area (TPSA) is 55.1 Å². The van der Waals surface area contributed by atoms with Crippen LogP contribution in [0, 0.1) is 5.82 Å². The van der Waals surface area contributed by atoms with E-state index in [9.17, 15) is 14.3 Å². The zero-order valence-electron chi connectivity index (χ0n) is 15.2. The molecule has 1 heterocycles. The highest BCUT2D eigenvalue weighted by atomic mass is 19.1. The van der Waals surface area contributed by atoms with E-state index < -0.39 is 5.82 Å². The van der Waals surface area contributed by atoms with Crippen LogP contribution in [0.15, 0.2) is 77.6 Å². The Morgan fingerprint density at radius 2 is 1.71 bits per heavy atom. The molecule has 0 bridgehead atoms. The molecule has 0 aliphatic heterocycles. The third kappa shape index (κ3) is 3.51. The lowest BCUT2D eigenvalue weighted by molar-refractivity contribution is 0.476. The largest absolute Gasteiger partial charge is 0.507 e. The van der Waals surface area contributed by atoms with E-state index in [4.69, 9.17) is 0 Å². The van der Waals surface area contributed by atoms with E-state index in [0.717, 1.165) is 6.42 Å². The van der Waals surface area contributed by atoms with Gasteiger partial charge in [0.2, 0.25) is 0 Å². The zero-order chi connectivity index (χ0) is 19.5. The minimum atomic E-state index is -0.474. The molecule has 3 aromatic carbocycles. The Morgan fingerprint density at radius 1 is 0.964 bits per heavy atom. The SMILES string of the molecule is O=c1c2cc(F)ccc2nc(-c2ccccc2O)n1CCCc1ccccc1. The zero-order valence-corrected chi connectivity index (χ0v) is 15.2. The van der Waals surface area contributed by atoms with Crippen molar-refractivity contribution in [3.05, 3.63) is 94.5 Å². The molecule has 1 aromatic heterocycles. The van der Waals surface area contributed by atoms with E-state index in [-0.39, 0.29) is 16.7 Å². The molecule has 28 heavy (non-hydrogen) atoms. The number of hydrogen-bond acceptors (Lipinski definition) is 3. The molecule has 0 spiro atoms. The van der Waals surface area contributed by atoms with Crippen LogP contribution >= 0.6 is 0 Å². The van der Waals surface area contributed by atoms with Gasteiger partial charge in [-0.1, -0.05) is 42.5 Å². The summed E-state index contributed by atoms with van der Waals surface area (Å²) in [5, 5.41) is 10.5. The first-order chi connectivity index (χ1) is 13.6. The normalized spacial score (nSPS) is 11.0. The van der Waals surface area contributed by atoms with Crippen LogP contribution < -0.4 is 5.56 Å². The molecule has 0 fully saturated rings. The molecule has 0 unspecified atom stereocenters. The lowest BCUT2D eigenvalue weighted by Crippen LogP contribution is -2.24. The molecule has 0 radical (unpaired) electrons. The van der Waals surface area contributed by atoms with Crippen molar-refractivity contribution in [3.8, 4) is 17.1 Å². The lowest BCUT2D eigenvalue weighted by Gasteiger charge is -2.14. The maximum absolute atomic E-state index is 13.7. The molecule has 0 saturated heterocycles. The molecule has 140 valence electrons. The van der Waals surface area contributed by atoms with Gasteiger partial charge in [-0.2, -0.15) is 0 Å². The van der Waals surface area contributed by atoms with Gasteiger partial charge in [-0.25, -0.2) is 9.37 Å². The smallest absolute Gasteiger partial charge is 0.261 e. The highest BCUT2D eigenvalue weighted by Gasteiger charge is 2.15. The number of aromatic hydroxyl groups is 1. The van der Waals surface area contributed by atoms with Crippen LogP contribution in [0.4, 0.5) is 4.39 Å². The summed E-state index contributed by atoms with van der Waals surface area (Å²) >= 11 is 0. The summed E-state index contributed by atoms with van der Waals surface area (Å²) in [4.78, 5) is 17.7. The van der Waals surface area contributed by atoms with E-state index >= 15 is 0 Å². The quantitative estimate of drug-likeness (QED) is 0.558. The molecule has 0 aliphatic carbocycles. The second-order valence-electron chi connectivity index (χ2n) is 6.66. The van der Waals surface area contributed by atoms with Crippen molar-refractivity contribution in [2.24, 2.45) is 0 Å². The van der Waals surface area contributed by atoms with Crippen LogP contribution in [0.2, 0.25) is 0 Å². The summed E-state index contributed by atoms with van der Waals surface area (Å²) < 4.78 is 15.2. The fraction of sp³-hybridized carbons (Fsp3) is 0.130. The Kier molecular flexibility index (Phi) is 4.89. The van der Waals surface area contributed by atoms with E-state index in [2.05, 4.69) is 4.98 Å². The number of phenols is 1. The first-order valence-corrected chi connectivity index (χ1v) is 9.16. The number of rotatable bonds is 5. The Labute approximate surface area is 161 Å². The van der Waals surface area contributed by atoms with Gasteiger partial charge in [0.1, 0.15) is 17.4 Å². The number of fused-ring (bicyclic) bond motifs is 1. The minimum Gasteiger partial charge on any atom is -0.507 e. The lowest BCUT2D eigenvalue weighted by atomic mass is 10.1. The highest BCUT2D eigenvalue weighted by Crippen LogP contribution is 2.28. The monoisotopic (exact) mass is 374 g/mol. The van der Waals surface area contributed by atoms with Gasteiger partial charge < -0.3 is 5.11 Å². The Bertz CT molecular complexity index is 1190. The molecule has 5 heteroatoms. The number of para-hydroxylation sites is 1. The molecule has 1 N–H and O–H groups in total. The molecule has 4 aromatic rings. The summed E-state index contributed by atoms with van der Waals surface area (Å²) in [5.74, 6) is -0.0412. The number of phenolic OH excluding ortho intramolecular Hbond substituents is 1. The third-order valence-electron chi connectivity index (χ3n) is 4.75. The number of aryl methyl sites for hydroxylation is 1. The van der Waals surface area contributed by atoms with Crippen LogP contribution in [0.3, 0.4) is 0 Å². The number of halogens is 1. The second-order valence-corrected chi connectivity index (χ2v) is 6.66. The van der Waals surface area contributed by atoms with Gasteiger partial charge in [0, 0.05) is 6.54 Å². The van der Waals surface area contributed by atoms with E-state index in [0.29, 0.717) is 29.9 Å². The van der Waals surface area contributed by atoms with Crippen LogP contribution in [0.25, 0.3) is 22.3 Å². The van der Waals surface area contributed by atoms with Crippen LogP contribution in [0.5, 0.6) is 5.75 Å². The van der Waals surface area contributed by atoms with Crippen LogP contribution in [0.1, 0.15) is 12.0 Å². The van der Waals surface area contributed by atoms with Crippen LogP contribution in [-0.2, 0) is 13.0 Å². The summed E-state index contributed by atoms with van der Waals surface area (Å²) in [7, 11) is 0. The van der Waals surface area contributed by atoms with Crippen molar-refractivity contribution in [1.82, 2.24) is 9.55 Å². The number of hydrogen-bond donors (Lipinski definition) is 1. The fourth-order valence-electron chi connectivity index (χ4n) is 3.35. The molecule has 4 nitrogen and oxygen atoms in total. The average Bonchev–Trinajstić information content (AvgIpc) is 2.71. The number of nitrogens with zero attached hydrogens (tertiary/aromatic N) is 2. The molecule has 0 aliphatic rings. The summed E-state index contributed by atoms with van der Waals surface area (Å²) in [5.41, 5.74) is 1.75. The average molecular weight is 374 g/mol. The first kappa shape index (κ1) is 17.9. The maximum Gasteiger partial charge on any atom is 0.261 e. The molecule has 0 atom stereocenters. The molecule has 0 saturated carbocycles. The van der Waals surface area contributed by atoms with Crippen molar-refractivity contribution >= 4 is 10.9 Å². The van der Waals surface area contributed by atoms with Gasteiger partial charge in [-0.3, -0.25) is 9.36 Å². The summed E-state index contributed by atoms with van der Waals surface area (Å²) in [6, 6.07) is 20.8. The Balaban J connectivity index is 1.79. The van der Waals surface area contributed by atoms with E-state index in [1.54, 1.807) is 24.3 Å². The second kappa shape index (κ2) is 7.64. The van der Waals surface area contributed by atoms with Gasteiger partial charge in [0.05, 0.1) is 16.5 Å². The minimum absolute atomic E-state index is 0.0488. The van der Waals surface area contributed by atoms with E-state index in [1.807, 2.05) is 30.3 Å². The van der Waals surface area contributed by atoms with Crippen molar-refractivity contribution in [2.75, 3.05) is 0 Å². The van der Waals surface area contributed by atoms with Crippen molar-refractivity contribution in [1.29, 1.82) is 0 Å². The molecular weight excluding hydrogens is 355 g/mol. The summed E-state index contributed by atoms with van der Waals surface area (Å²) in [6.07, 6.45) is 1.52. The van der Waals surface area contributed by atoms with Crippen molar-refractivity contribution in [2.45, 2.75) is 19.4 Å². The predicted molar refractivity (Wildman–Crippen MR) is 108 cm³/mol. The Hall–Kier alpha value is -3.47. The highest BCUT2D eigenvalue weighted by molar-refractivity contribution is 5.80. The van der Waals surface area contributed by atoms with Crippen LogP contribution in [-0.4, -0.2) is 14.7 Å². The van der Waals surface area contributed by atoms with Crippen molar-refractivity contribution < 1.29 is 9.50 Å². The predicted octanol–water partition coefficient (Wildman–Crippen LogP) is 4.54. The van der Waals surface area contributed by atoms with Crippen molar-refractivity contribution in [3.63, 3.8) is 0 Å². The standard InChI is InChI=1S/C23H19FN2O2/c24-17-12-13-20-19(15-17)23(28)26(14-6-9-16-7-2-1-3-8-16)22(25-20)18-10-4-5-11-21(18)27/h1-5,7-8,10-13,15,27H,6,9,14H2. The maximum atomic E-state index is 13.7. The van der Waals surface area contributed by atoms with E-state index in [1.165, 1.54) is 28.3 Å². The number of benzene rings is 3. The molecule has 0 amide bonds. The van der Waals surface area contributed by atoms with Gasteiger partial charge in [0.25, 0.3) is 5.56 Å².